The zero-order valence-electron chi connectivity index (χ0n) is 10.4. The molecule has 0 aliphatic heterocycles. The molecule has 0 saturated carbocycles. The number of rotatable bonds is 3. The number of aryl methyl sites for hydroxylation is 1. The molecule has 1 unspecified atom stereocenters. The van der Waals surface area contributed by atoms with Crippen LogP contribution in [0.3, 0.4) is 0 Å². The number of halogens is 2. The number of hydrogen-bond acceptors (Lipinski definition) is 1. The van der Waals surface area contributed by atoms with Crippen LogP contribution in [-0.4, -0.2) is 0 Å². The third-order valence-corrected chi connectivity index (χ3v) is 2.90. The standard InChI is InChI=1S/C15H15F2N/c1-10-6-8-12(9-7-10)11(2)18-15-13(16)4-3-5-14(15)17/h3-9,11,18H,1-2H3. The lowest BCUT2D eigenvalue weighted by Gasteiger charge is -2.17. The largest absolute Gasteiger partial charge is 0.374 e. The number of benzene rings is 2. The van der Waals surface area contributed by atoms with Crippen LogP contribution in [0.25, 0.3) is 0 Å². The van der Waals surface area contributed by atoms with Gasteiger partial charge in [-0.2, -0.15) is 0 Å². The van der Waals surface area contributed by atoms with Crippen molar-refractivity contribution in [1.29, 1.82) is 0 Å². The van der Waals surface area contributed by atoms with E-state index in [0.29, 0.717) is 0 Å². The molecular weight excluding hydrogens is 232 g/mol. The summed E-state index contributed by atoms with van der Waals surface area (Å²) in [6, 6.07) is 11.5. The van der Waals surface area contributed by atoms with Crippen LogP contribution in [-0.2, 0) is 0 Å². The van der Waals surface area contributed by atoms with Gasteiger partial charge in [-0.25, -0.2) is 8.78 Å². The van der Waals surface area contributed by atoms with Crippen molar-refractivity contribution in [2.45, 2.75) is 19.9 Å². The Labute approximate surface area is 105 Å². The van der Waals surface area contributed by atoms with Crippen molar-refractivity contribution < 1.29 is 8.78 Å². The van der Waals surface area contributed by atoms with Crippen molar-refractivity contribution in [3.05, 3.63) is 65.2 Å². The van der Waals surface area contributed by atoms with Gasteiger partial charge in [0.2, 0.25) is 0 Å². The van der Waals surface area contributed by atoms with Crippen LogP contribution in [0.4, 0.5) is 14.5 Å². The van der Waals surface area contributed by atoms with Crippen LogP contribution in [0.1, 0.15) is 24.1 Å². The minimum Gasteiger partial charge on any atom is -0.374 e. The van der Waals surface area contributed by atoms with Crippen molar-refractivity contribution in [2.24, 2.45) is 0 Å². The van der Waals surface area contributed by atoms with E-state index in [0.717, 1.165) is 11.1 Å². The Balaban J connectivity index is 2.21. The lowest BCUT2D eigenvalue weighted by Crippen LogP contribution is -2.09. The van der Waals surface area contributed by atoms with Gasteiger partial charge >= 0.3 is 0 Å². The molecule has 0 spiro atoms. The Morgan fingerprint density at radius 2 is 1.50 bits per heavy atom. The fraction of sp³-hybridized carbons (Fsp3) is 0.200. The maximum Gasteiger partial charge on any atom is 0.149 e. The lowest BCUT2D eigenvalue weighted by molar-refractivity contribution is 0.584. The third-order valence-electron chi connectivity index (χ3n) is 2.90. The summed E-state index contributed by atoms with van der Waals surface area (Å²) in [6.45, 7) is 3.87. The summed E-state index contributed by atoms with van der Waals surface area (Å²) in [5, 5.41) is 2.86. The second kappa shape index (κ2) is 5.17. The topological polar surface area (TPSA) is 12.0 Å². The van der Waals surface area contributed by atoms with E-state index in [1.54, 1.807) is 0 Å². The second-order valence-corrected chi connectivity index (χ2v) is 4.37. The molecule has 2 rings (SSSR count). The first-order valence-corrected chi connectivity index (χ1v) is 5.85. The number of anilines is 1. The molecule has 0 aromatic heterocycles. The fourth-order valence-corrected chi connectivity index (χ4v) is 1.79. The summed E-state index contributed by atoms with van der Waals surface area (Å²) in [7, 11) is 0. The highest BCUT2D eigenvalue weighted by atomic mass is 19.1. The monoisotopic (exact) mass is 247 g/mol. The highest BCUT2D eigenvalue weighted by molar-refractivity contribution is 5.48. The smallest absolute Gasteiger partial charge is 0.149 e. The minimum absolute atomic E-state index is 0.0782. The molecule has 18 heavy (non-hydrogen) atoms. The van der Waals surface area contributed by atoms with E-state index in [-0.39, 0.29) is 11.7 Å². The van der Waals surface area contributed by atoms with Gasteiger partial charge in [0.05, 0.1) is 0 Å². The Morgan fingerprint density at radius 3 is 2.06 bits per heavy atom. The molecule has 0 radical (unpaired) electrons. The Kier molecular flexibility index (Phi) is 3.60. The van der Waals surface area contributed by atoms with E-state index in [1.807, 2.05) is 38.1 Å². The van der Waals surface area contributed by atoms with Gasteiger partial charge in [-0.15, -0.1) is 0 Å². The van der Waals surface area contributed by atoms with Gasteiger partial charge in [-0.1, -0.05) is 35.9 Å². The van der Waals surface area contributed by atoms with Gasteiger partial charge in [0.1, 0.15) is 17.3 Å². The van der Waals surface area contributed by atoms with Gasteiger partial charge in [0, 0.05) is 6.04 Å². The number of para-hydroxylation sites is 1. The Morgan fingerprint density at radius 1 is 0.944 bits per heavy atom. The zero-order chi connectivity index (χ0) is 13.1. The van der Waals surface area contributed by atoms with Crippen LogP contribution in [0.2, 0.25) is 0 Å². The van der Waals surface area contributed by atoms with Gasteiger partial charge in [0.15, 0.2) is 0 Å². The Bertz CT molecular complexity index is 514. The summed E-state index contributed by atoms with van der Waals surface area (Å²) >= 11 is 0. The van der Waals surface area contributed by atoms with E-state index in [9.17, 15) is 8.78 Å². The highest BCUT2D eigenvalue weighted by Crippen LogP contribution is 2.24. The minimum atomic E-state index is -0.575. The molecule has 0 bridgehead atoms. The van der Waals surface area contributed by atoms with Crippen LogP contribution in [0.15, 0.2) is 42.5 Å². The molecule has 1 nitrogen and oxygen atoms in total. The molecule has 1 N–H and O–H groups in total. The molecule has 0 aliphatic carbocycles. The molecule has 0 heterocycles. The number of nitrogens with one attached hydrogen (secondary N) is 1. The average Bonchev–Trinajstić information content (AvgIpc) is 2.34. The van der Waals surface area contributed by atoms with Crippen molar-refractivity contribution in [3.63, 3.8) is 0 Å². The quantitative estimate of drug-likeness (QED) is 0.845. The molecule has 94 valence electrons. The van der Waals surface area contributed by atoms with E-state index >= 15 is 0 Å². The molecule has 0 saturated heterocycles. The molecule has 0 amide bonds. The zero-order valence-corrected chi connectivity index (χ0v) is 10.4. The van der Waals surface area contributed by atoms with Crippen LogP contribution < -0.4 is 5.32 Å². The van der Waals surface area contributed by atoms with Gasteiger partial charge in [0.25, 0.3) is 0 Å². The van der Waals surface area contributed by atoms with E-state index in [4.69, 9.17) is 0 Å². The first-order valence-electron chi connectivity index (χ1n) is 5.85. The molecule has 0 fully saturated rings. The van der Waals surface area contributed by atoms with Gasteiger partial charge < -0.3 is 5.32 Å². The Hall–Kier alpha value is -1.90. The molecule has 2 aromatic rings. The first-order chi connectivity index (χ1) is 8.58. The SMILES string of the molecule is Cc1ccc(C(C)Nc2c(F)cccc2F)cc1. The van der Waals surface area contributed by atoms with Crippen LogP contribution in [0, 0.1) is 18.6 Å². The fourth-order valence-electron chi connectivity index (χ4n) is 1.79. The molecule has 1 atom stereocenters. The van der Waals surface area contributed by atoms with Gasteiger partial charge in [-0.05, 0) is 31.5 Å². The maximum absolute atomic E-state index is 13.5. The summed E-state index contributed by atoms with van der Waals surface area (Å²) in [6.07, 6.45) is 0. The summed E-state index contributed by atoms with van der Waals surface area (Å²) in [4.78, 5) is 0. The van der Waals surface area contributed by atoms with Crippen LogP contribution >= 0.6 is 0 Å². The van der Waals surface area contributed by atoms with Crippen LogP contribution in [0.5, 0.6) is 0 Å². The maximum atomic E-state index is 13.5. The van der Waals surface area contributed by atoms with Crippen molar-refractivity contribution >= 4 is 5.69 Å². The summed E-state index contributed by atoms with van der Waals surface area (Å²) < 4.78 is 27.0. The van der Waals surface area contributed by atoms with Crippen molar-refractivity contribution in [3.8, 4) is 0 Å². The van der Waals surface area contributed by atoms with Gasteiger partial charge in [-0.3, -0.25) is 0 Å². The number of hydrogen-bond donors (Lipinski definition) is 1. The lowest BCUT2D eigenvalue weighted by atomic mass is 10.1. The first kappa shape index (κ1) is 12.6. The second-order valence-electron chi connectivity index (χ2n) is 4.37. The van der Waals surface area contributed by atoms with Crippen molar-refractivity contribution in [2.75, 3.05) is 5.32 Å². The molecule has 3 heteroatoms. The third kappa shape index (κ3) is 2.67. The molecule has 2 aromatic carbocycles. The van der Waals surface area contributed by atoms with E-state index in [1.165, 1.54) is 18.2 Å². The molecule has 0 aliphatic rings. The predicted octanol–water partition coefficient (Wildman–Crippen LogP) is 4.45. The predicted molar refractivity (Wildman–Crippen MR) is 69.6 cm³/mol. The van der Waals surface area contributed by atoms with Crippen molar-refractivity contribution in [1.82, 2.24) is 0 Å². The molecular formula is C15H15F2N. The average molecular weight is 247 g/mol. The normalized spacial score (nSPS) is 12.2. The van der Waals surface area contributed by atoms with E-state index in [2.05, 4.69) is 5.32 Å². The summed E-state index contributed by atoms with van der Waals surface area (Å²) in [5.74, 6) is -1.15. The summed E-state index contributed by atoms with van der Waals surface area (Å²) in [5.41, 5.74) is 2.07. The van der Waals surface area contributed by atoms with E-state index < -0.39 is 11.6 Å². The highest BCUT2D eigenvalue weighted by Gasteiger charge is 2.12.